The number of aliphatic carboxylic acids is 1. The number of rotatable bonds is 41. The molecule has 7 atom stereocenters. The van der Waals surface area contributed by atoms with Gasteiger partial charge in [0.15, 0.2) is 11.9 Å². The maximum Gasteiger partial charge on any atom is 0.306 e. The van der Waals surface area contributed by atoms with Crippen LogP contribution >= 0.6 is 11.3 Å². The molecule has 1 aromatic carbocycles. The van der Waals surface area contributed by atoms with Crippen molar-refractivity contribution in [3.05, 3.63) is 57.6 Å². The van der Waals surface area contributed by atoms with E-state index in [4.69, 9.17) is 14.2 Å². The summed E-state index contributed by atoms with van der Waals surface area (Å²) < 4.78 is 16.0. The number of Topliss-reactive ketones (excluding diaryl/α,β-unsaturated/α-hetero) is 2. The number of hydrogen-bond donors (Lipinski definition) is 5. The number of aromatic nitrogens is 1. The number of carbonyl (C=O) groups is 11. The van der Waals surface area contributed by atoms with Crippen molar-refractivity contribution in [1.29, 1.82) is 0 Å². The number of thiazole rings is 1. The summed E-state index contributed by atoms with van der Waals surface area (Å²) >= 11 is 1.11. The number of esters is 1. The highest BCUT2D eigenvalue weighted by molar-refractivity contribution is 7.09. The van der Waals surface area contributed by atoms with Crippen LogP contribution in [0.5, 0.6) is 0 Å². The van der Waals surface area contributed by atoms with E-state index in [0.29, 0.717) is 55.1 Å². The van der Waals surface area contributed by atoms with E-state index in [1.54, 1.807) is 31.0 Å². The number of hydrogen-bond acceptors (Lipinski definition) is 17. The van der Waals surface area contributed by atoms with Crippen molar-refractivity contribution >= 4 is 81.9 Å². The SMILES string of the molecule is CCC(C)[C@H](CC(=O)C(C)(C)N(C)C)C(=O)N(C)[C@H](C[C@@H](OC(C)=O)c1nc(C(=O)N[C@@H](Cc2ccc(C)c(NC(=O)CCCNC(=O)C(CCCCNC(=O)COCCOC)CC(=O)CCN3C(=O)C=CC3=O)c2)CC(C)C(=O)O)cs1)C(C)C. The molecule has 7 amide bonds. The topological polar surface area (TPSA) is 306 Å². The highest BCUT2D eigenvalue weighted by Crippen LogP contribution is 2.33. The lowest BCUT2D eigenvalue weighted by atomic mass is 9.81. The smallest absolute Gasteiger partial charge is 0.306 e. The summed E-state index contributed by atoms with van der Waals surface area (Å²) in [6.07, 6.45) is 3.74. The second-order valence-electron chi connectivity index (χ2n) is 23.4. The lowest BCUT2D eigenvalue weighted by Gasteiger charge is -2.38. The van der Waals surface area contributed by atoms with Crippen LogP contribution < -0.4 is 21.3 Å². The fraction of sp³-hybridized carbons (Fsp3) is 0.645. The molecule has 2 aromatic rings. The number of anilines is 1. The van der Waals surface area contributed by atoms with Gasteiger partial charge >= 0.3 is 11.9 Å². The van der Waals surface area contributed by atoms with Gasteiger partial charge in [-0.15, -0.1) is 11.3 Å². The van der Waals surface area contributed by atoms with Crippen LogP contribution in [-0.4, -0.2) is 175 Å². The van der Waals surface area contributed by atoms with E-state index in [9.17, 15) is 57.8 Å². The van der Waals surface area contributed by atoms with Gasteiger partial charge in [0.1, 0.15) is 23.1 Å². The zero-order chi connectivity index (χ0) is 64.4. The van der Waals surface area contributed by atoms with Gasteiger partial charge in [-0.25, -0.2) is 4.98 Å². The van der Waals surface area contributed by atoms with Crippen LogP contribution in [0.1, 0.15) is 159 Å². The van der Waals surface area contributed by atoms with Gasteiger partial charge in [-0.05, 0) is 96.0 Å². The van der Waals surface area contributed by atoms with E-state index in [0.717, 1.165) is 34.0 Å². The Morgan fingerprint density at radius 1 is 0.860 bits per heavy atom. The predicted molar refractivity (Wildman–Crippen MR) is 325 cm³/mol. The molecule has 1 aliphatic heterocycles. The Bertz CT molecular complexity index is 2670. The van der Waals surface area contributed by atoms with Crippen LogP contribution in [0.15, 0.2) is 35.7 Å². The Kier molecular flexibility index (Phi) is 31.1. The fourth-order valence-corrected chi connectivity index (χ4v) is 10.5. The Hall–Kier alpha value is -6.76. The average molecular weight is 1220 g/mol. The van der Waals surface area contributed by atoms with Gasteiger partial charge in [0, 0.05) is 120 Å². The predicted octanol–water partition coefficient (Wildman–Crippen LogP) is 6.02. The molecular formula is C62H94N8O15S. The van der Waals surface area contributed by atoms with Crippen LogP contribution in [0.25, 0.3) is 0 Å². The Morgan fingerprint density at radius 3 is 2.15 bits per heavy atom. The van der Waals surface area contributed by atoms with Gasteiger partial charge in [-0.2, -0.15) is 0 Å². The monoisotopic (exact) mass is 1220 g/mol. The van der Waals surface area contributed by atoms with Crippen molar-refractivity contribution in [3.8, 4) is 0 Å². The van der Waals surface area contributed by atoms with E-state index in [2.05, 4.69) is 26.3 Å². The number of aryl methyl sites for hydroxylation is 1. The second kappa shape index (κ2) is 36.4. The van der Waals surface area contributed by atoms with Crippen LogP contribution in [0.4, 0.5) is 5.69 Å². The average Bonchev–Trinajstić information content (AvgIpc) is 2.38. The summed E-state index contributed by atoms with van der Waals surface area (Å²) in [6.45, 7) is 17.0. The maximum absolute atomic E-state index is 14.4. The molecule has 0 saturated heterocycles. The number of carboxylic acid groups (broad SMARTS) is 1. The minimum absolute atomic E-state index is 0.0126. The first-order chi connectivity index (χ1) is 40.5. The Balaban J connectivity index is 1.70. The van der Waals surface area contributed by atoms with Crippen molar-refractivity contribution in [1.82, 2.24) is 35.6 Å². The third-order valence-electron chi connectivity index (χ3n) is 15.9. The summed E-state index contributed by atoms with van der Waals surface area (Å²) in [4.78, 5) is 152. The first-order valence-corrected chi connectivity index (χ1v) is 30.6. The first kappa shape index (κ1) is 73.5. The molecular weight excluding hydrogens is 1130 g/mol. The number of likely N-dealkylation sites (N-methyl/N-ethyl adjacent to an activating group) is 1. The molecule has 0 aliphatic carbocycles. The van der Waals surface area contributed by atoms with E-state index < -0.39 is 77.0 Å². The van der Waals surface area contributed by atoms with Crippen molar-refractivity contribution in [2.24, 2.45) is 29.6 Å². The highest BCUT2D eigenvalue weighted by Gasteiger charge is 2.39. The number of amides is 7. The number of imide groups is 1. The van der Waals surface area contributed by atoms with Gasteiger partial charge in [-0.3, -0.25) is 62.5 Å². The van der Waals surface area contributed by atoms with Crippen molar-refractivity contribution in [3.63, 3.8) is 0 Å². The molecule has 24 heteroatoms. The number of benzene rings is 1. The highest BCUT2D eigenvalue weighted by atomic mass is 32.1. The summed E-state index contributed by atoms with van der Waals surface area (Å²) in [5, 5.41) is 23.3. The van der Waals surface area contributed by atoms with E-state index in [1.807, 2.05) is 66.6 Å². The molecule has 86 heavy (non-hydrogen) atoms. The minimum atomic E-state index is -1.06. The zero-order valence-electron chi connectivity index (χ0n) is 52.7. The number of ether oxygens (including phenoxy) is 3. The molecule has 3 rings (SSSR count). The first-order valence-electron chi connectivity index (χ1n) is 29.7. The van der Waals surface area contributed by atoms with Gasteiger partial charge in [0.25, 0.3) is 17.7 Å². The number of ketones is 2. The lowest BCUT2D eigenvalue weighted by Crippen LogP contribution is -2.50. The van der Waals surface area contributed by atoms with Crippen molar-refractivity contribution in [2.75, 3.05) is 73.0 Å². The zero-order valence-corrected chi connectivity index (χ0v) is 53.5. The number of carboxylic acids is 1. The maximum atomic E-state index is 14.4. The summed E-state index contributed by atoms with van der Waals surface area (Å²) in [6, 6.07) is 4.18. The van der Waals surface area contributed by atoms with Crippen LogP contribution in [0.2, 0.25) is 0 Å². The normalized spacial score (nSPS) is 14.9. The minimum Gasteiger partial charge on any atom is -0.481 e. The second-order valence-corrected chi connectivity index (χ2v) is 24.3. The summed E-state index contributed by atoms with van der Waals surface area (Å²) in [7, 11) is 6.88. The third kappa shape index (κ3) is 24.2. The molecule has 0 saturated carbocycles. The van der Waals surface area contributed by atoms with E-state index in [-0.39, 0.29) is 124 Å². The fourth-order valence-electron chi connectivity index (χ4n) is 9.68. The summed E-state index contributed by atoms with van der Waals surface area (Å²) in [5.74, 6) is -7.30. The number of nitrogens with zero attached hydrogens (tertiary/aromatic N) is 4. The molecule has 1 aromatic heterocycles. The van der Waals surface area contributed by atoms with Crippen LogP contribution in [0, 0.1) is 36.5 Å². The molecule has 2 heterocycles. The molecule has 0 fully saturated rings. The molecule has 0 bridgehead atoms. The largest absolute Gasteiger partial charge is 0.481 e. The molecule has 3 unspecified atom stereocenters. The number of carbonyl (C=O) groups excluding carboxylic acids is 10. The standard InChI is InChI=1S/C62H94N8O15S/c1-14-39(4)47(34-52(73)62(8,9)68(10)11)60(80)69(12)50(38(2)3)35-51(85-42(7)71)59-67-49(37-86-59)58(79)65-45(30-41(6)61(81)82)31-43-21-20-40(5)48(32-43)66-53(74)19-17-26-64-57(78)44(18-15-16-25-63-54(75)36-84-29-28-83-13)33-46(72)24-27-70-55(76)22-23-56(70)77/h20-23,32,37-39,41,44-45,47,50-51H,14-19,24-31,33-36H2,1-13H3,(H,63,75)(H,64,78)(H,65,79)(H,66,74)(H,81,82)/t39?,41?,44?,45-,47+,50-,51-/m1/s1. The third-order valence-corrected chi connectivity index (χ3v) is 16.9. The summed E-state index contributed by atoms with van der Waals surface area (Å²) in [5.41, 5.74) is 1.12. The Labute approximate surface area is 510 Å². The number of nitrogens with one attached hydrogen (secondary N) is 4. The van der Waals surface area contributed by atoms with Gasteiger partial charge < -0.3 is 45.5 Å². The van der Waals surface area contributed by atoms with Gasteiger partial charge in [-0.1, -0.05) is 59.6 Å². The lowest BCUT2D eigenvalue weighted by molar-refractivity contribution is -0.150. The van der Waals surface area contributed by atoms with Crippen molar-refractivity contribution in [2.45, 2.75) is 163 Å². The van der Waals surface area contributed by atoms with Crippen molar-refractivity contribution < 1.29 is 72.1 Å². The molecule has 478 valence electrons. The molecule has 1 aliphatic rings. The molecule has 0 radical (unpaired) electrons. The van der Waals surface area contributed by atoms with Crippen LogP contribution in [0.3, 0.4) is 0 Å². The van der Waals surface area contributed by atoms with E-state index in [1.165, 1.54) is 26.3 Å². The van der Waals surface area contributed by atoms with Gasteiger partial charge in [0.05, 0.1) is 24.7 Å². The Morgan fingerprint density at radius 2 is 1.53 bits per heavy atom. The number of methoxy groups -OCH3 is 1. The molecule has 5 N–H and O–H groups in total. The number of unbranched alkanes of at least 4 members (excludes halogenated alkanes) is 1. The molecule has 23 nitrogen and oxygen atoms in total. The van der Waals surface area contributed by atoms with E-state index >= 15 is 0 Å². The van der Waals surface area contributed by atoms with Crippen LogP contribution in [-0.2, 0) is 68.6 Å². The van der Waals surface area contributed by atoms with Gasteiger partial charge in [0.2, 0.25) is 23.6 Å². The molecule has 0 spiro atoms. The quantitative estimate of drug-likeness (QED) is 0.0289.